The molecule has 31 heavy (non-hydrogen) atoms. The smallest absolute Gasteiger partial charge is 0.253 e. The van der Waals surface area contributed by atoms with Crippen LogP contribution in [0.15, 0.2) is 59.5 Å². The number of hydrogen-bond acceptors (Lipinski definition) is 5. The molecule has 0 atom stereocenters. The fraction of sp³-hybridized carbons (Fsp3) is 0.318. The zero-order valence-corrected chi connectivity index (χ0v) is 17.8. The van der Waals surface area contributed by atoms with Crippen LogP contribution < -0.4 is 5.32 Å². The average molecular weight is 441 g/mol. The predicted molar refractivity (Wildman–Crippen MR) is 115 cm³/mol. The molecular weight excluding hydrogens is 416 g/mol. The molecule has 0 saturated carbocycles. The third-order valence-electron chi connectivity index (χ3n) is 5.06. The summed E-state index contributed by atoms with van der Waals surface area (Å²) in [5.41, 5.74) is 0.900. The average Bonchev–Trinajstić information content (AvgIpc) is 2.84. The highest BCUT2D eigenvalue weighted by Crippen LogP contribution is 2.17. The Morgan fingerprint density at radius 1 is 0.968 bits per heavy atom. The second kappa shape index (κ2) is 10.2. The van der Waals surface area contributed by atoms with E-state index in [1.54, 1.807) is 47.4 Å². The van der Waals surface area contributed by atoms with Gasteiger partial charge in [0.05, 0.1) is 16.5 Å². The minimum atomic E-state index is -3.74. The van der Waals surface area contributed by atoms with E-state index in [0.29, 0.717) is 30.6 Å². The molecule has 0 spiro atoms. The number of amides is 2. The van der Waals surface area contributed by atoms with Crippen LogP contribution in [0.5, 0.6) is 0 Å². The summed E-state index contributed by atoms with van der Waals surface area (Å²) in [7, 11) is -3.74. The summed E-state index contributed by atoms with van der Waals surface area (Å²) in [5.74, 6) is -0.489. The van der Waals surface area contributed by atoms with Crippen LogP contribution in [-0.4, -0.2) is 62.2 Å². The molecule has 2 aromatic rings. The minimum Gasteiger partial charge on any atom is -0.354 e. The lowest BCUT2D eigenvalue weighted by Crippen LogP contribution is -2.39. The van der Waals surface area contributed by atoms with Gasteiger partial charge in [-0.2, -0.15) is 9.57 Å². The summed E-state index contributed by atoms with van der Waals surface area (Å²) >= 11 is 0. The summed E-state index contributed by atoms with van der Waals surface area (Å²) in [6.45, 7) is 1.21. The van der Waals surface area contributed by atoms with E-state index in [0.717, 1.165) is 0 Å². The molecule has 162 valence electrons. The van der Waals surface area contributed by atoms with Crippen LogP contribution in [0.1, 0.15) is 28.8 Å². The highest BCUT2D eigenvalue weighted by atomic mass is 32.2. The van der Waals surface area contributed by atoms with E-state index in [1.807, 2.05) is 6.07 Å². The van der Waals surface area contributed by atoms with Gasteiger partial charge in [-0.3, -0.25) is 9.59 Å². The Morgan fingerprint density at radius 3 is 2.35 bits per heavy atom. The lowest BCUT2D eigenvalue weighted by molar-refractivity contribution is -0.121. The number of benzene rings is 2. The maximum Gasteiger partial charge on any atom is 0.253 e. The molecule has 1 heterocycles. The number of carbonyl (C=O) groups excluding carboxylic acids is 2. The zero-order valence-electron chi connectivity index (χ0n) is 17.0. The number of nitrogens with zero attached hydrogens (tertiary/aromatic N) is 3. The Bertz CT molecular complexity index is 1060. The van der Waals surface area contributed by atoms with Crippen LogP contribution in [0.25, 0.3) is 0 Å². The van der Waals surface area contributed by atoms with Gasteiger partial charge in [-0.05, 0) is 42.8 Å². The summed E-state index contributed by atoms with van der Waals surface area (Å²) in [6, 6.07) is 16.5. The molecule has 1 N–H and O–H groups in total. The number of carbonyl (C=O) groups is 2. The van der Waals surface area contributed by atoms with Crippen LogP contribution in [0.4, 0.5) is 0 Å². The number of nitrogens with one attached hydrogen (secondary N) is 1. The van der Waals surface area contributed by atoms with Crippen LogP contribution in [0, 0.1) is 11.3 Å². The number of sulfonamides is 1. The number of rotatable bonds is 3. The van der Waals surface area contributed by atoms with Crippen molar-refractivity contribution in [3.63, 3.8) is 0 Å². The van der Waals surface area contributed by atoms with E-state index in [1.165, 1.54) is 16.4 Å². The maximum atomic E-state index is 13.0. The largest absolute Gasteiger partial charge is 0.354 e. The minimum absolute atomic E-state index is 0.0512. The molecule has 1 aliphatic rings. The van der Waals surface area contributed by atoms with Crippen molar-refractivity contribution in [2.75, 3.05) is 32.7 Å². The highest BCUT2D eigenvalue weighted by Gasteiger charge is 2.26. The summed E-state index contributed by atoms with van der Waals surface area (Å²) in [6.07, 6.45) is 0.484. The summed E-state index contributed by atoms with van der Waals surface area (Å²) in [5, 5.41) is 11.7. The first-order valence-electron chi connectivity index (χ1n) is 10.0. The van der Waals surface area contributed by atoms with E-state index < -0.39 is 10.0 Å². The standard InChI is InChI=1S/C22H24N4O4S/c23-17-18-7-9-19(10-8-18)22(28)25-13-4-14-26(15-11-21(27)24-12-16-25)31(29,30)20-5-2-1-3-6-20/h1-3,5-10H,4,11-16H2,(H,24,27). The normalized spacial score (nSPS) is 16.6. The van der Waals surface area contributed by atoms with Crippen molar-refractivity contribution in [2.24, 2.45) is 0 Å². The molecule has 8 nitrogen and oxygen atoms in total. The highest BCUT2D eigenvalue weighted by molar-refractivity contribution is 7.89. The predicted octanol–water partition coefficient (Wildman–Crippen LogP) is 1.60. The lowest BCUT2D eigenvalue weighted by atomic mass is 10.1. The first kappa shape index (κ1) is 22.5. The van der Waals surface area contributed by atoms with Gasteiger partial charge in [0.15, 0.2) is 0 Å². The molecule has 9 heteroatoms. The van der Waals surface area contributed by atoms with Gasteiger partial charge >= 0.3 is 0 Å². The van der Waals surface area contributed by atoms with E-state index in [4.69, 9.17) is 5.26 Å². The second-order valence-corrected chi connectivity index (χ2v) is 9.09. The van der Waals surface area contributed by atoms with Crippen molar-refractivity contribution in [1.82, 2.24) is 14.5 Å². The van der Waals surface area contributed by atoms with E-state index >= 15 is 0 Å². The Morgan fingerprint density at radius 2 is 1.68 bits per heavy atom. The van der Waals surface area contributed by atoms with E-state index in [9.17, 15) is 18.0 Å². The van der Waals surface area contributed by atoms with Crippen LogP contribution >= 0.6 is 0 Å². The van der Waals surface area contributed by atoms with Crippen molar-refractivity contribution in [2.45, 2.75) is 17.7 Å². The zero-order chi connectivity index (χ0) is 22.3. The molecule has 2 amide bonds. The SMILES string of the molecule is N#Cc1ccc(C(=O)N2CCCN(S(=O)(=O)c3ccccc3)CCC(=O)NCC2)cc1. The summed E-state index contributed by atoms with van der Waals surface area (Å²) < 4.78 is 27.4. The van der Waals surface area contributed by atoms with E-state index in [2.05, 4.69) is 5.32 Å². The third-order valence-corrected chi connectivity index (χ3v) is 6.97. The Labute approximate surface area is 182 Å². The van der Waals surface area contributed by atoms with Crippen LogP contribution in [0.2, 0.25) is 0 Å². The molecule has 0 unspecified atom stereocenters. The number of nitriles is 1. The van der Waals surface area contributed by atoms with Gasteiger partial charge in [-0.25, -0.2) is 8.42 Å². The topological polar surface area (TPSA) is 111 Å². The molecular formula is C22H24N4O4S. The van der Waals surface area contributed by atoms with Gasteiger partial charge in [0, 0.05) is 44.7 Å². The molecule has 3 rings (SSSR count). The van der Waals surface area contributed by atoms with Gasteiger partial charge in [-0.15, -0.1) is 0 Å². The molecule has 2 aromatic carbocycles. The molecule has 1 saturated heterocycles. The fourth-order valence-electron chi connectivity index (χ4n) is 3.36. The Hall–Kier alpha value is -3.22. The molecule has 0 aromatic heterocycles. The number of hydrogen-bond donors (Lipinski definition) is 1. The third kappa shape index (κ3) is 5.69. The first-order chi connectivity index (χ1) is 14.9. The molecule has 0 aliphatic carbocycles. The monoisotopic (exact) mass is 440 g/mol. The van der Waals surface area contributed by atoms with Gasteiger partial charge in [0.2, 0.25) is 15.9 Å². The quantitative estimate of drug-likeness (QED) is 0.779. The maximum absolute atomic E-state index is 13.0. The van der Waals surface area contributed by atoms with Gasteiger partial charge in [0.1, 0.15) is 0 Å². The molecule has 0 bridgehead atoms. The Kier molecular flexibility index (Phi) is 7.39. The van der Waals surface area contributed by atoms with E-state index in [-0.39, 0.29) is 42.8 Å². The Balaban J connectivity index is 1.77. The van der Waals surface area contributed by atoms with Crippen molar-refractivity contribution >= 4 is 21.8 Å². The fourth-order valence-corrected chi connectivity index (χ4v) is 4.86. The van der Waals surface area contributed by atoms with Gasteiger partial charge in [0.25, 0.3) is 5.91 Å². The second-order valence-electron chi connectivity index (χ2n) is 7.15. The summed E-state index contributed by atoms with van der Waals surface area (Å²) in [4.78, 5) is 26.9. The van der Waals surface area contributed by atoms with Gasteiger partial charge in [-0.1, -0.05) is 18.2 Å². The van der Waals surface area contributed by atoms with Crippen LogP contribution in [-0.2, 0) is 14.8 Å². The molecule has 1 fully saturated rings. The van der Waals surface area contributed by atoms with Crippen molar-refractivity contribution in [3.05, 3.63) is 65.7 Å². The van der Waals surface area contributed by atoms with Gasteiger partial charge < -0.3 is 10.2 Å². The van der Waals surface area contributed by atoms with Crippen LogP contribution in [0.3, 0.4) is 0 Å². The lowest BCUT2D eigenvalue weighted by Gasteiger charge is -2.25. The van der Waals surface area contributed by atoms with Crippen molar-refractivity contribution in [3.8, 4) is 6.07 Å². The van der Waals surface area contributed by atoms with Crippen molar-refractivity contribution < 1.29 is 18.0 Å². The first-order valence-corrected chi connectivity index (χ1v) is 11.5. The molecule has 1 aliphatic heterocycles. The molecule has 0 radical (unpaired) electrons. The van der Waals surface area contributed by atoms with Crippen molar-refractivity contribution in [1.29, 1.82) is 5.26 Å².